The maximum Gasteiger partial charge on any atom is 0.230 e. The summed E-state index contributed by atoms with van der Waals surface area (Å²) in [7, 11) is 1.61. The van der Waals surface area contributed by atoms with E-state index in [1.807, 2.05) is 44.2 Å². The van der Waals surface area contributed by atoms with Crippen LogP contribution >= 0.6 is 12.2 Å². The fourth-order valence-corrected chi connectivity index (χ4v) is 1.86. The highest BCUT2D eigenvalue weighted by Gasteiger charge is 2.24. The number of benzene rings is 1. The van der Waals surface area contributed by atoms with Crippen molar-refractivity contribution in [2.24, 2.45) is 11.7 Å². The molecule has 1 aromatic rings. The van der Waals surface area contributed by atoms with Gasteiger partial charge < -0.3 is 15.8 Å². The van der Waals surface area contributed by atoms with Crippen LogP contribution in [-0.2, 0) is 16.0 Å². The Hall–Kier alpha value is -1.46. The predicted molar refractivity (Wildman–Crippen MR) is 84.5 cm³/mol. The second-order valence-electron chi connectivity index (χ2n) is 5.33. The second-order valence-corrected chi connectivity index (χ2v) is 5.80. The second kappa shape index (κ2) is 7.36. The van der Waals surface area contributed by atoms with Gasteiger partial charge in [-0.05, 0) is 25.8 Å². The summed E-state index contributed by atoms with van der Waals surface area (Å²) in [6.07, 6.45) is 0.509. The van der Waals surface area contributed by atoms with E-state index in [-0.39, 0.29) is 10.9 Å². The number of carbonyl (C=O) groups excluding carboxylic acids is 1. The van der Waals surface area contributed by atoms with Crippen LogP contribution in [0.5, 0.6) is 0 Å². The molecule has 0 radical (unpaired) electrons. The summed E-state index contributed by atoms with van der Waals surface area (Å²) in [5, 5.41) is 2.84. The summed E-state index contributed by atoms with van der Waals surface area (Å²) in [6, 6.07) is 9.70. The first-order valence-corrected chi connectivity index (χ1v) is 6.92. The highest BCUT2D eigenvalue weighted by molar-refractivity contribution is 7.80. The maximum absolute atomic E-state index is 12.2. The zero-order chi connectivity index (χ0) is 15.2. The molecule has 0 aliphatic carbocycles. The van der Waals surface area contributed by atoms with Gasteiger partial charge in [-0.2, -0.15) is 0 Å². The Labute approximate surface area is 125 Å². The molecule has 0 spiro atoms. The number of amides is 1. The van der Waals surface area contributed by atoms with Gasteiger partial charge in [-0.25, -0.2) is 0 Å². The number of hydrogen-bond donors (Lipinski definition) is 2. The number of nitrogens with one attached hydrogen (secondary N) is 1. The largest absolute Gasteiger partial charge is 0.393 e. The molecule has 1 aromatic carbocycles. The predicted octanol–water partition coefficient (Wildman–Crippen LogP) is 1.67. The third kappa shape index (κ3) is 5.27. The summed E-state index contributed by atoms with van der Waals surface area (Å²) < 4.78 is 5.27. The van der Waals surface area contributed by atoms with Crippen LogP contribution in [-0.4, -0.2) is 30.2 Å². The van der Waals surface area contributed by atoms with Crippen molar-refractivity contribution < 1.29 is 9.53 Å². The Morgan fingerprint density at radius 2 is 2.00 bits per heavy atom. The van der Waals surface area contributed by atoms with Crippen molar-refractivity contribution >= 4 is 23.1 Å². The van der Waals surface area contributed by atoms with E-state index in [0.717, 1.165) is 5.56 Å². The third-order valence-corrected chi connectivity index (χ3v) is 3.47. The average molecular weight is 294 g/mol. The van der Waals surface area contributed by atoms with Crippen LogP contribution in [0.25, 0.3) is 0 Å². The molecule has 1 amide bonds. The lowest BCUT2D eigenvalue weighted by Gasteiger charge is -2.24. The molecule has 0 aliphatic heterocycles. The monoisotopic (exact) mass is 294 g/mol. The lowest BCUT2D eigenvalue weighted by atomic mass is 9.98. The van der Waals surface area contributed by atoms with Gasteiger partial charge in [0.25, 0.3) is 0 Å². The maximum atomic E-state index is 12.2. The van der Waals surface area contributed by atoms with Gasteiger partial charge in [0.2, 0.25) is 5.91 Å². The van der Waals surface area contributed by atoms with Crippen LogP contribution in [0.2, 0.25) is 0 Å². The Balaban J connectivity index is 2.67. The summed E-state index contributed by atoms with van der Waals surface area (Å²) >= 11 is 5.01. The van der Waals surface area contributed by atoms with Crippen LogP contribution in [0, 0.1) is 5.92 Å². The normalized spacial score (nSPS) is 12.8. The standard InChI is InChI=1S/C15H22N2O2S/c1-15(2,19-3)10-17-14(18)12(13(16)20)9-11-7-5-4-6-8-11/h4-8,12H,9-10H2,1-3H3,(H2,16,20)(H,17,18). The lowest BCUT2D eigenvalue weighted by molar-refractivity contribution is -0.124. The summed E-state index contributed by atoms with van der Waals surface area (Å²) in [6.45, 7) is 4.22. The van der Waals surface area contributed by atoms with Gasteiger partial charge >= 0.3 is 0 Å². The minimum Gasteiger partial charge on any atom is -0.393 e. The first kappa shape index (κ1) is 16.6. The van der Waals surface area contributed by atoms with Crippen molar-refractivity contribution in [3.63, 3.8) is 0 Å². The highest BCUT2D eigenvalue weighted by atomic mass is 32.1. The quantitative estimate of drug-likeness (QED) is 0.751. The van der Waals surface area contributed by atoms with Crippen LogP contribution in [0.4, 0.5) is 0 Å². The molecule has 1 atom stereocenters. The van der Waals surface area contributed by atoms with Gasteiger partial charge in [-0.1, -0.05) is 42.5 Å². The molecule has 1 rings (SSSR count). The van der Waals surface area contributed by atoms with E-state index in [4.69, 9.17) is 22.7 Å². The van der Waals surface area contributed by atoms with Crippen molar-refractivity contribution in [3.8, 4) is 0 Å². The molecule has 110 valence electrons. The van der Waals surface area contributed by atoms with Gasteiger partial charge in [-0.3, -0.25) is 4.79 Å². The Morgan fingerprint density at radius 1 is 1.40 bits per heavy atom. The molecule has 0 aromatic heterocycles. The highest BCUT2D eigenvalue weighted by Crippen LogP contribution is 2.11. The first-order valence-electron chi connectivity index (χ1n) is 6.52. The number of nitrogens with two attached hydrogens (primary N) is 1. The van der Waals surface area contributed by atoms with E-state index in [1.54, 1.807) is 7.11 Å². The Kier molecular flexibility index (Phi) is 6.10. The van der Waals surface area contributed by atoms with Crippen molar-refractivity contribution in [1.82, 2.24) is 5.32 Å². The fraction of sp³-hybridized carbons (Fsp3) is 0.467. The number of carbonyl (C=O) groups is 1. The van der Waals surface area contributed by atoms with Crippen molar-refractivity contribution in [3.05, 3.63) is 35.9 Å². The first-order chi connectivity index (χ1) is 9.35. The van der Waals surface area contributed by atoms with E-state index in [1.165, 1.54) is 0 Å². The fourth-order valence-electron chi connectivity index (χ4n) is 1.67. The lowest BCUT2D eigenvalue weighted by Crippen LogP contribution is -2.45. The summed E-state index contributed by atoms with van der Waals surface area (Å²) in [5.74, 6) is -0.661. The number of ether oxygens (including phenoxy) is 1. The van der Waals surface area contributed by atoms with Crippen LogP contribution in [0.1, 0.15) is 19.4 Å². The minimum absolute atomic E-state index is 0.161. The SMILES string of the molecule is COC(C)(C)CNC(=O)C(Cc1ccccc1)C(N)=S. The topological polar surface area (TPSA) is 64.3 Å². The molecule has 5 heteroatoms. The van der Waals surface area contributed by atoms with Crippen molar-refractivity contribution in [2.75, 3.05) is 13.7 Å². The molecule has 1 unspecified atom stereocenters. The molecule has 3 N–H and O–H groups in total. The molecule has 0 aliphatic rings. The minimum atomic E-state index is -0.500. The number of thiocarbonyl (C=S) groups is 1. The number of hydrogen-bond acceptors (Lipinski definition) is 3. The molecule has 0 heterocycles. The van der Waals surface area contributed by atoms with Gasteiger partial charge in [0.15, 0.2) is 0 Å². The van der Waals surface area contributed by atoms with Gasteiger partial charge in [0.1, 0.15) is 0 Å². The van der Waals surface area contributed by atoms with E-state index < -0.39 is 11.5 Å². The van der Waals surface area contributed by atoms with Crippen LogP contribution < -0.4 is 11.1 Å². The van der Waals surface area contributed by atoms with Gasteiger partial charge in [-0.15, -0.1) is 0 Å². The molecular formula is C15H22N2O2S. The van der Waals surface area contributed by atoms with E-state index >= 15 is 0 Å². The van der Waals surface area contributed by atoms with Crippen LogP contribution in [0.15, 0.2) is 30.3 Å². The average Bonchev–Trinajstić information content (AvgIpc) is 2.43. The van der Waals surface area contributed by atoms with E-state index in [2.05, 4.69) is 5.32 Å². The van der Waals surface area contributed by atoms with Crippen molar-refractivity contribution in [2.45, 2.75) is 25.9 Å². The zero-order valence-electron chi connectivity index (χ0n) is 12.2. The molecule has 0 saturated carbocycles. The molecule has 0 fully saturated rings. The number of methoxy groups -OCH3 is 1. The van der Waals surface area contributed by atoms with Gasteiger partial charge in [0, 0.05) is 13.7 Å². The molecule has 4 nitrogen and oxygen atoms in total. The molecule has 0 bridgehead atoms. The van der Waals surface area contributed by atoms with Crippen LogP contribution in [0.3, 0.4) is 0 Å². The Bertz CT molecular complexity index is 460. The van der Waals surface area contributed by atoms with E-state index in [0.29, 0.717) is 13.0 Å². The molecule has 0 saturated heterocycles. The smallest absolute Gasteiger partial charge is 0.230 e. The number of rotatable bonds is 7. The molecular weight excluding hydrogens is 272 g/mol. The third-order valence-electron chi connectivity index (χ3n) is 3.18. The van der Waals surface area contributed by atoms with Crippen molar-refractivity contribution in [1.29, 1.82) is 0 Å². The Morgan fingerprint density at radius 3 is 2.50 bits per heavy atom. The van der Waals surface area contributed by atoms with Gasteiger partial charge in [0.05, 0.1) is 16.5 Å². The molecule has 20 heavy (non-hydrogen) atoms. The summed E-state index contributed by atoms with van der Waals surface area (Å²) in [4.78, 5) is 12.4. The van der Waals surface area contributed by atoms with E-state index in [9.17, 15) is 4.79 Å². The zero-order valence-corrected chi connectivity index (χ0v) is 13.0. The summed E-state index contributed by atoms with van der Waals surface area (Å²) in [5.41, 5.74) is 6.32.